The predicted octanol–water partition coefficient (Wildman–Crippen LogP) is 4.76. The van der Waals surface area contributed by atoms with E-state index in [-0.39, 0.29) is 19.3 Å². The lowest BCUT2D eigenvalue weighted by Gasteiger charge is -2.36. The monoisotopic (exact) mass is 492 g/mol. The Kier molecular flexibility index (Phi) is 6.67. The molecule has 2 N–H and O–H groups in total. The fourth-order valence-electron chi connectivity index (χ4n) is 4.48. The molecule has 0 saturated carbocycles. The highest BCUT2D eigenvalue weighted by Gasteiger charge is 2.48. The maximum Gasteiger partial charge on any atom is 0.408 e. The molecular formula is C23H22Cl2N2O6. The molecule has 3 heterocycles. The number of carboxylic acids is 1. The van der Waals surface area contributed by atoms with E-state index >= 15 is 0 Å². The minimum absolute atomic E-state index is 0.199. The smallest absolute Gasteiger partial charge is 0.408 e. The summed E-state index contributed by atoms with van der Waals surface area (Å²) in [6.07, 6.45) is 3.30. The number of aliphatic carboxylic acids is 1. The Morgan fingerprint density at radius 2 is 1.82 bits per heavy atom. The van der Waals surface area contributed by atoms with Gasteiger partial charge in [-0.2, -0.15) is 0 Å². The van der Waals surface area contributed by atoms with Gasteiger partial charge in [0.2, 0.25) is 5.88 Å². The second-order valence-corrected chi connectivity index (χ2v) is 8.79. The number of carboxylic acid groups (broad SMARTS) is 2. The molecule has 1 amide bonds. The van der Waals surface area contributed by atoms with Gasteiger partial charge in [-0.25, -0.2) is 9.78 Å². The van der Waals surface area contributed by atoms with Gasteiger partial charge in [-0.05, 0) is 54.7 Å². The molecule has 2 bridgehead atoms. The summed E-state index contributed by atoms with van der Waals surface area (Å²) in [5.41, 5.74) is 2.14. The summed E-state index contributed by atoms with van der Waals surface area (Å²) in [4.78, 5) is 29.1. The molecule has 8 nitrogen and oxygen atoms in total. The zero-order valence-corrected chi connectivity index (χ0v) is 19.2. The summed E-state index contributed by atoms with van der Waals surface area (Å²) >= 11 is 12.3. The molecule has 3 atom stereocenters. The van der Waals surface area contributed by atoms with Gasteiger partial charge in [0, 0.05) is 12.3 Å². The first-order chi connectivity index (χ1) is 15.8. The first-order valence-electron chi connectivity index (χ1n) is 10.4. The SMILES string of the molecule is Cc1cc(Cl)c(OCCOc2ccc(C3=CC4CCC(C3C(=O)O)N4C(=O)O)cn2)c(Cl)c1. The Labute approximate surface area is 200 Å². The third-order valence-corrected chi connectivity index (χ3v) is 6.40. The van der Waals surface area contributed by atoms with Gasteiger partial charge in [-0.3, -0.25) is 9.69 Å². The number of pyridine rings is 1. The van der Waals surface area contributed by atoms with Gasteiger partial charge in [-0.15, -0.1) is 0 Å². The number of benzene rings is 1. The first kappa shape index (κ1) is 23.2. The minimum Gasteiger partial charge on any atom is -0.487 e. The Morgan fingerprint density at radius 1 is 1.12 bits per heavy atom. The molecule has 1 aromatic carbocycles. The fourth-order valence-corrected chi connectivity index (χ4v) is 5.19. The van der Waals surface area contributed by atoms with E-state index in [4.69, 9.17) is 32.7 Å². The highest BCUT2D eigenvalue weighted by atomic mass is 35.5. The normalized spacial score (nSPS) is 21.5. The molecule has 2 aromatic rings. The van der Waals surface area contributed by atoms with Crippen LogP contribution in [0.1, 0.15) is 24.0 Å². The van der Waals surface area contributed by atoms with Crippen LogP contribution in [0.2, 0.25) is 10.0 Å². The van der Waals surface area contributed by atoms with Crippen LogP contribution in [0.15, 0.2) is 36.5 Å². The third-order valence-electron chi connectivity index (χ3n) is 5.84. The van der Waals surface area contributed by atoms with E-state index in [2.05, 4.69) is 4.98 Å². The summed E-state index contributed by atoms with van der Waals surface area (Å²) in [6.45, 7) is 2.28. The quantitative estimate of drug-likeness (QED) is 0.535. The van der Waals surface area contributed by atoms with Crippen LogP contribution in [-0.4, -0.2) is 57.5 Å². The number of halogens is 2. The van der Waals surface area contributed by atoms with Crippen molar-refractivity contribution in [3.63, 3.8) is 0 Å². The second-order valence-electron chi connectivity index (χ2n) is 7.98. The number of fused-ring (bicyclic) bond motifs is 2. The van der Waals surface area contributed by atoms with Crippen LogP contribution < -0.4 is 9.47 Å². The molecule has 4 rings (SSSR count). The van der Waals surface area contributed by atoms with Crippen molar-refractivity contribution in [1.29, 1.82) is 0 Å². The van der Waals surface area contributed by atoms with Gasteiger partial charge in [0.05, 0.1) is 22.1 Å². The van der Waals surface area contributed by atoms with Crippen molar-refractivity contribution in [1.82, 2.24) is 9.88 Å². The zero-order valence-electron chi connectivity index (χ0n) is 17.7. The van der Waals surface area contributed by atoms with Gasteiger partial charge in [0.15, 0.2) is 5.75 Å². The average molecular weight is 493 g/mol. The number of hydrogen-bond acceptors (Lipinski definition) is 5. The lowest BCUT2D eigenvalue weighted by Crippen LogP contribution is -2.48. The molecule has 2 aliphatic heterocycles. The summed E-state index contributed by atoms with van der Waals surface area (Å²) in [6, 6.07) is 5.98. The predicted molar refractivity (Wildman–Crippen MR) is 122 cm³/mol. The minimum atomic E-state index is -1.10. The van der Waals surface area contributed by atoms with Crippen LogP contribution >= 0.6 is 23.2 Å². The van der Waals surface area contributed by atoms with Gasteiger partial charge in [0.1, 0.15) is 19.1 Å². The molecule has 10 heteroatoms. The summed E-state index contributed by atoms with van der Waals surface area (Å²) in [5, 5.41) is 20.1. The van der Waals surface area contributed by atoms with E-state index in [1.165, 1.54) is 4.90 Å². The van der Waals surface area contributed by atoms with Crippen molar-refractivity contribution < 1.29 is 29.3 Å². The lowest BCUT2D eigenvalue weighted by atomic mass is 9.84. The zero-order chi connectivity index (χ0) is 23.7. The number of aryl methyl sites for hydroxylation is 1. The molecule has 174 valence electrons. The molecule has 33 heavy (non-hydrogen) atoms. The third kappa shape index (κ3) is 4.72. The lowest BCUT2D eigenvalue weighted by molar-refractivity contribution is -0.141. The topological polar surface area (TPSA) is 109 Å². The summed E-state index contributed by atoms with van der Waals surface area (Å²) in [5.74, 6) is -1.25. The molecule has 1 saturated heterocycles. The summed E-state index contributed by atoms with van der Waals surface area (Å²) in [7, 11) is 0. The van der Waals surface area contributed by atoms with Crippen molar-refractivity contribution in [2.75, 3.05) is 13.2 Å². The van der Waals surface area contributed by atoms with Crippen molar-refractivity contribution in [2.45, 2.75) is 31.8 Å². The van der Waals surface area contributed by atoms with Crippen LogP contribution in [-0.2, 0) is 4.79 Å². The molecule has 3 unspecified atom stereocenters. The Balaban J connectivity index is 1.41. The van der Waals surface area contributed by atoms with Crippen molar-refractivity contribution in [3.8, 4) is 11.6 Å². The van der Waals surface area contributed by atoms with E-state index in [1.54, 1.807) is 36.5 Å². The Bertz CT molecular complexity index is 1080. The van der Waals surface area contributed by atoms with Crippen LogP contribution in [0.25, 0.3) is 5.57 Å². The molecular weight excluding hydrogens is 471 g/mol. The number of carbonyl (C=O) groups is 2. The Hall–Kier alpha value is -2.97. The average Bonchev–Trinajstić information content (AvgIpc) is 3.06. The van der Waals surface area contributed by atoms with E-state index in [0.29, 0.717) is 45.7 Å². The number of rotatable bonds is 7. The number of amides is 1. The molecule has 2 aliphatic rings. The fraction of sp³-hybridized carbons (Fsp3) is 0.348. The van der Waals surface area contributed by atoms with Gasteiger partial charge in [0.25, 0.3) is 0 Å². The molecule has 1 fully saturated rings. The van der Waals surface area contributed by atoms with Crippen molar-refractivity contribution in [2.24, 2.45) is 5.92 Å². The van der Waals surface area contributed by atoms with Crippen molar-refractivity contribution >= 4 is 40.8 Å². The van der Waals surface area contributed by atoms with Gasteiger partial charge >= 0.3 is 12.1 Å². The first-order valence-corrected chi connectivity index (χ1v) is 11.2. The van der Waals surface area contributed by atoms with E-state index in [9.17, 15) is 19.8 Å². The number of ether oxygens (including phenoxy) is 2. The number of nitrogens with zero attached hydrogens (tertiary/aromatic N) is 2. The molecule has 0 spiro atoms. The maximum absolute atomic E-state index is 12.0. The van der Waals surface area contributed by atoms with Crippen LogP contribution in [0.4, 0.5) is 4.79 Å². The van der Waals surface area contributed by atoms with E-state index in [1.807, 2.05) is 6.92 Å². The molecule has 1 aromatic heterocycles. The van der Waals surface area contributed by atoms with Crippen molar-refractivity contribution in [3.05, 3.63) is 57.7 Å². The van der Waals surface area contributed by atoms with Gasteiger partial charge < -0.3 is 19.7 Å². The standard InChI is InChI=1S/C23H22Cl2N2O6/c1-12-8-16(24)21(17(25)9-12)33-7-6-32-19-5-2-13(11-26-19)15-10-14-3-4-18(20(15)22(28)29)27(14)23(30)31/h2,5,8-11,14,18,20H,3-4,6-7H2,1H3,(H,28,29)(H,30,31). The summed E-state index contributed by atoms with van der Waals surface area (Å²) < 4.78 is 11.2. The van der Waals surface area contributed by atoms with Gasteiger partial charge in [-0.1, -0.05) is 29.3 Å². The highest BCUT2D eigenvalue weighted by Crippen LogP contribution is 2.43. The maximum atomic E-state index is 12.0. The molecule has 0 aliphatic carbocycles. The number of aromatic nitrogens is 1. The van der Waals surface area contributed by atoms with Crippen LogP contribution in [0, 0.1) is 12.8 Å². The highest BCUT2D eigenvalue weighted by molar-refractivity contribution is 6.37. The second kappa shape index (κ2) is 9.49. The molecule has 0 radical (unpaired) electrons. The largest absolute Gasteiger partial charge is 0.487 e. The van der Waals surface area contributed by atoms with E-state index in [0.717, 1.165) is 5.56 Å². The van der Waals surface area contributed by atoms with Crippen LogP contribution in [0.3, 0.4) is 0 Å². The van der Waals surface area contributed by atoms with E-state index < -0.39 is 24.0 Å². The van der Waals surface area contributed by atoms with Crippen LogP contribution in [0.5, 0.6) is 11.6 Å². The Morgan fingerprint density at radius 3 is 2.42 bits per heavy atom. The number of hydrogen-bond donors (Lipinski definition) is 2.